The highest BCUT2D eigenvalue weighted by Gasteiger charge is 2.23. The zero-order chi connectivity index (χ0) is 18.8. The average Bonchev–Trinajstić information content (AvgIpc) is 3.06. The first-order valence-corrected chi connectivity index (χ1v) is 9.79. The Morgan fingerprint density at radius 2 is 1.59 bits per heavy atom. The maximum Gasteiger partial charge on any atom is 0.238 e. The summed E-state index contributed by atoms with van der Waals surface area (Å²) in [4.78, 5) is 17.8. The summed E-state index contributed by atoms with van der Waals surface area (Å²) < 4.78 is 0.964. The molecule has 0 atom stereocenters. The van der Waals surface area contributed by atoms with Crippen LogP contribution >= 0.6 is 22.9 Å². The number of halogens is 1. The van der Waals surface area contributed by atoms with Crippen LogP contribution in [0.2, 0.25) is 5.02 Å². The molecule has 0 spiro atoms. The van der Waals surface area contributed by atoms with Crippen LogP contribution < -0.4 is 5.32 Å². The molecular weight excluding hydrogens is 376 g/mol. The lowest BCUT2D eigenvalue weighted by atomic mass is 9.90. The van der Waals surface area contributed by atoms with Crippen molar-refractivity contribution in [3.63, 3.8) is 0 Å². The predicted octanol–water partition coefficient (Wildman–Crippen LogP) is 6.03. The number of benzene rings is 3. The Bertz CT molecular complexity index is 1050. The van der Waals surface area contributed by atoms with Crippen molar-refractivity contribution in [2.24, 2.45) is 0 Å². The van der Waals surface area contributed by atoms with Crippen molar-refractivity contribution in [2.45, 2.75) is 12.8 Å². The van der Waals surface area contributed by atoms with E-state index in [1.165, 1.54) is 11.3 Å². The molecule has 0 bridgehead atoms. The van der Waals surface area contributed by atoms with E-state index in [4.69, 9.17) is 11.6 Å². The third-order valence-corrected chi connectivity index (χ3v) is 5.54. The number of hydrogen-bond donors (Lipinski definition) is 1. The van der Waals surface area contributed by atoms with Gasteiger partial charge in [-0.2, -0.15) is 0 Å². The minimum atomic E-state index is -0.399. The van der Waals surface area contributed by atoms with Gasteiger partial charge in [0.15, 0.2) is 5.13 Å². The molecule has 3 nitrogen and oxygen atoms in total. The van der Waals surface area contributed by atoms with E-state index in [0.717, 1.165) is 26.9 Å². The number of amides is 1. The molecule has 0 saturated heterocycles. The molecule has 5 heteroatoms. The number of aryl methyl sites for hydroxylation is 1. The van der Waals surface area contributed by atoms with E-state index in [9.17, 15) is 4.79 Å². The van der Waals surface area contributed by atoms with Crippen LogP contribution in [0.4, 0.5) is 5.13 Å². The zero-order valence-corrected chi connectivity index (χ0v) is 16.2. The highest BCUT2D eigenvalue weighted by molar-refractivity contribution is 7.22. The van der Waals surface area contributed by atoms with Gasteiger partial charge in [0.05, 0.1) is 16.1 Å². The lowest BCUT2D eigenvalue weighted by Crippen LogP contribution is -2.22. The molecule has 0 radical (unpaired) electrons. The van der Waals surface area contributed by atoms with Gasteiger partial charge in [0, 0.05) is 5.02 Å². The quantitative estimate of drug-likeness (QED) is 0.460. The molecular formula is C22H17ClN2OS. The van der Waals surface area contributed by atoms with Gasteiger partial charge in [-0.1, -0.05) is 83.6 Å². The van der Waals surface area contributed by atoms with Crippen LogP contribution in [0.25, 0.3) is 10.2 Å². The largest absolute Gasteiger partial charge is 0.301 e. The molecule has 134 valence electrons. The number of nitrogens with zero attached hydrogens (tertiary/aromatic N) is 1. The van der Waals surface area contributed by atoms with Gasteiger partial charge in [-0.15, -0.1) is 0 Å². The number of thiazole rings is 1. The minimum Gasteiger partial charge on any atom is -0.301 e. The van der Waals surface area contributed by atoms with Gasteiger partial charge in [0.2, 0.25) is 5.91 Å². The van der Waals surface area contributed by atoms with Crippen LogP contribution in [-0.2, 0) is 4.79 Å². The van der Waals surface area contributed by atoms with Crippen molar-refractivity contribution >= 4 is 44.2 Å². The predicted molar refractivity (Wildman–Crippen MR) is 113 cm³/mol. The maximum absolute atomic E-state index is 13.2. The Morgan fingerprint density at radius 1 is 1.00 bits per heavy atom. The Hall–Kier alpha value is -2.69. The Morgan fingerprint density at radius 3 is 2.19 bits per heavy atom. The summed E-state index contributed by atoms with van der Waals surface area (Å²) in [6.07, 6.45) is 0. The molecule has 1 N–H and O–H groups in total. The summed E-state index contributed by atoms with van der Waals surface area (Å²) >= 11 is 7.58. The summed E-state index contributed by atoms with van der Waals surface area (Å²) in [6, 6.07) is 23.3. The van der Waals surface area contributed by atoms with E-state index in [1.807, 2.05) is 79.7 Å². The highest BCUT2D eigenvalue weighted by Crippen LogP contribution is 2.32. The van der Waals surface area contributed by atoms with Gasteiger partial charge in [-0.25, -0.2) is 4.98 Å². The van der Waals surface area contributed by atoms with Gasteiger partial charge in [-0.3, -0.25) is 4.79 Å². The topological polar surface area (TPSA) is 42.0 Å². The molecule has 1 amide bonds. The molecule has 0 saturated carbocycles. The molecule has 0 unspecified atom stereocenters. The third kappa shape index (κ3) is 3.72. The fraction of sp³-hybridized carbons (Fsp3) is 0.0909. The number of rotatable bonds is 4. The number of anilines is 1. The van der Waals surface area contributed by atoms with Gasteiger partial charge in [0.1, 0.15) is 0 Å². The van der Waals surface area contributed by atoms with Gasteiger partial charge in [0.25, 0.3) is 0 Å². The average molecular weight is 393 g/mol. The van der Waals surface area contributed by atoms with E-state index >= 15 is 0 Å². The summed E-state index contributed by atoms with van der Waals surface area (Å²) in [7, 11) is 0. The zero-order valence-electron chi connectivity index (χ0n) is 14.6. The van der Waals surface area contributed by atoms with Gasteiger partial charge in [-0.05, 0) is 35.7 Å². The fourth-order valence-corrected chi connectivity index (χ4v) is 4.50. The van der Waals surface area contributed by atoms with E-state index < -0.39 is 5.92 Å². The second kappa shape index (κ2) is 7.51. The SMILES string of the molecule is Cc1cc(Cl)cc2sc(NC(=O)C(c3ccccc3)c3ccccc3)nc12. The van der Waals surface area contributed by atoms with Crippen LogP contribution in [0.3, 0.4) is 0 Å². The Labute approximate surface area is 166 Å². The van der Waals surface area contributed by atoms with Crippen LogP contribution in [0.15, 0.2) is 72.8 Å². The van der Waals surface area contributed by atoms with Gasteiger partial charge < -0.3 is 5.32 Å². The molecule has 27 heavy (non-hydrogen) atoms. The summed E-state index contributed by atoms with van der Waals surface area (Å²) in [5.41, 5.74) is 3.76. The van der Waals surface area contributed by atoms with E-state index in [-0.39, 0.29) is 5.91 Å². The Balaban J connectivity index is 1.69. The second-order valence-electron chi connectivity index (χ2n) is 6.33. The molecule has 1 aromatic heterocycles. The number of hydrogen-bond acceptors (Lipinski definition) is 3. The lowest BCUT2D eigenvalue weighted by Gasteiger charge is -2.16. The van der Waals surface area contributed by atoms with Crippen LogP contribution in [-0.4, -0.2) is 10.9 Å². The van der Waals surface area contributed by atoms with E-state index in [0.29, 0.717) is 10.2 Å². The number of carbonyl (C=O) groups excluding carboxylic acids is 1. The third-order valence-electron chi connectivity index (χ3n) is 4.41. The summed E-state index contributed by atoms with van der Waals surface area (Å²) in [5, 5.41) is 4.26. The number of nitrogens with one attached hydrogen (secondary N) is 1. The normalized spacial score (nSPS) is 11.1. The monoisotopic (exact) mass is 392 g/mol. The van der Waals surface area contributed by atoms with Crippen molar-refractivity contribution < 1.29 is 4.79 Å². The van der Waals surface area contributed by atoms with Crippen molar-refractivity contribution in [3.8, 4) is 0 Å². The summed E-state index contributed by atoms with van der Waals surface area (Å²) in [5.74, 6) is -0.501. The molecule has 1 heterocycles. The van der Waals surface area contributed by atoms with Crippen molar-refractivity contribution in [3.05, 3.63) is 94.5 Å². The minimum absolute atomic E-state index is 0.102. The van der Waals surface area contributed by atoms with Gasteiger partial charge >= 0.3 is 0 Å². The summed E-state index contributed by atoms with van der Waals surface area (Å²) in [6.45, 7) is 1.97. The highest BCUT2D eigenvalue weighted by atomic mass is 35.5. The number of carbonyl (C=O) groups is 1. The first-order valence-electron chi connectivity index (χ1n) is 8.59. The molecule has 0 aliphatic rings. The fourth-order valence-electron chi connectivity index (χ4n) is 3.17. The van der Waals surface area contributed by atoms with E-state index in [1.54, 1.807) is 0 Å². The molecule has 0 aliphatic heterocycles. The first-order chi connectivity index (χ1) is 13.1. The van der Waals surface area contributed by atoms with Crippen LogP contribution in [0.5, 0.6) is 0 Å². The molecule has 4 aromatic rings. The number of aromatic nitrogens is 1. The maximum atomic E-state index is 13.2. The first kappa shape index (κ1) is 17.7. The van der Waals surface area contributed by atoms with Crippen molar-refractivity contribution in [1.82, 2.24) is 4.98 Å². The van der Waals surface area contributed by atoms with E-state index in [2.05, 4.69) is 10.3 Å². The molecule has 3 aromatic carbocycles. The van der Waals surface area contributed by atoms with Crippen molar-refractivity contribution in [2.75, 3.05) is 5.32 Å². The number of fused-ring (bicyclic) bond motifs is 1. The second-order valence-corrected chi connectivity index (χ2v) is 7.80. The van der Waals surface area contributed by atoms with Crippen LogP contribution in [0.1, 0.15) is 22.6 Å². The molecule has 4 rings (SSSR count). The van der Waals surface area contributed by atoms with Crippen molar-refractivity contribution in [1.29, 1.82) is 0 Å². The lowest BCUT2D eigenvalue weighted by molar-refractivity contribution is -0.116. The molecule has 0 aliphatic carbocycles. The van der Waals surface area contributed by atoms with Crippen LogP contribution in [0, 0.1) is 6.92 Å². The smallest absolute Gasteiger partial charge is 0.238 e. The Kier molecular flexibility index (Phi) is 4.92. The molecule has 0 fully saturated rings. The standard InChI is InChI=1S/C22H17ClN2OS/c1-14-12-17(23)13-18-20(14)24-22(27-18)25-21(26)19(15-8-4-2-5-9-15)16-10-6-3-7-11-16/h2-13,19H,1H3,(H,24,25,26).